The van der Waals surface area contributed by atoms with Gasteiger partial charge in [-0.05, 0) is 36.8 Å². The minimum Gasteiger partial charge on any atom is -0.497 e. The van der Waals surface area contributed by atoms with Crippen LogP contribution in [0, 0.1) is 6.92 Å². The number of carbonyl (C=O) groups excluding carboxylic acids is 2. The highest BCUT2D eigenvalue weighted by Crippen LogP contribution is 2.38. The smallest absolute Gasteiger partial charge is 0.255 e. The summed E-state index contributed by atoms with van der Waals surface area (Å²) in [7, 11) is 3.09. The summed E-state index contributed by atoms with van der Waals surface area (Å²) in [6.45, 7) is 1.90. The fourth-order valence-electron chi connectivity index (χ4n) is 3.83. The molecule has 0 N–H and O–H groups in total. The van der Waals surface area contributed by atoms with E-state index in [2.05, 4.69) is 0 Å². The van der Waals surface area contributed by atoms with Crippen LogP contribution in [0.2, 0.25) is 0 Å². The van der Waals surface area contributed by atoms with E-state index in [1.807, 2.05) is 61.5 Å². The molecule has 1 unspecified atom stereocenters. The van der Waals surface area contributed by atoms with Gasteiger partial charge in [0.15, 0.2) is 0 Å². The van der Waals surface area contributed by atoms with Crippen molar-refractivity contribution in [3.63, 3.8) is 0 Å². The number of nitrogens with zero attached hydrogens (tertiary/aromatic N) is 2. The zero-order valence-corrected chi connectivity index (χ0v) is 17.7. The molecule has 1 aliphatic rings. The third kappa shape index (κ3) is 3.84. The van der Waals surface area contributed by atoms with Crippen LogP contribution in [-0.4, -0.2) is 32.6 Å². The first-order chi connectivity index (χ1) is 15.0. The highest BCUT2D eigenvalue weighted by molar-refractivity contribution is 6.15. The van der Waals surface area contributed by atoms with Gasteiger partial charge in [-0.3, -0.25) is 19.4 Å². The van der Waals surface area contributed by atoms with Crippen molar-refractivity contribution >= 4 is 23.2 Å². The van der Waals surface area contributed by atoms with E-state index in [1.54, 1.807) is 30.2 Å². The maximum absolute atomic E-state index is 13.8. The Morgan fingerprint density at radius 3 is 2.23 bits per heavy atom. The fourth-order valence-corrected chi connectivity index (χ4v) is 3.83. The van der Waals surface area contributed by atoms with Crippen molar-refractivity contribution in [3.05, 3.63) is 83.9 Å². The normalized spacial score (nSPS) is 16.4. The lowest BCUT2D eigenvalue weighted by Crippen LogP contribution is -2.56. The lowest BCUT2D eigenvalue weighted by atomic mass is 9.99. The minimum absolute atomic E-state index is 0.0846. The van der Waals surface area contributed by atoms with Gasteiger partial charge in [0.1, 0.15) is 24.1 Å². The Bertz CT molecular complexity index is 1100. The Hall–Kier alpha value is -3.80. The molecule has 0 aromatic heterocycles. The first kappa shape index (κ1) is 20.5. The SMILES string of the molecule is COc1ccc(N2CC(=O)N(c3ccc(C)cc3)C(c3ccccc3)C2=O)c(OC)c1. The van der Waals surface area contributed by atoms with E-state index >= 15 is 0 Å². The lowest BCUT2D eigenvalue weighted by Gasteiger charge is -2.40. The maximum atomic E-state index is 13.8. The van der Waals surface area contributed by atoms with Crippen LogP contribution in [0.4, 0.5) is 11.4 Å². The second kappa shape index (κ2) is 8.52. The Morgan fingerprint density at radius 2 is 1.58 bits per heavy atom. The van der Waals surface area contributed by atoms with Gasteiger partial charge >= 0.3 is 0 Å². The van der Waals surface area contributed by atoms with Gasteiger partial charge < -0.3 is 9.47 Å². The van der Waals surface area contributed by atoms with Gasteiger partial charge in [0.25, 0.3) is 5.91 Å². The summed E-state index contributed by atoms with van der Waals surface area (Å²) >= 11 is 0. The van der Waals surface area contributed by atoms with Crippen molar-refractivity contribution in [2.45, 2.75) is 13.0 Å². The molecule has 158 valence electrons. The van der Waals surface area contributed by atoms with Crippen molar-refractivity contribution < 1.29 is 19.1 Å². The van der Waals surface area contributed by atoms with Crippen molar-refractivity contribution in [1.29, 1.82) is 0 Å². The number of hydrogen-bond donors (Lipinski definition) is 0. The maximum Gasteiger partial charge on any atom is 0.255 e. The lowest BCUT2D eigenvalue weighted by molar-refractivity contribution is -0.128. The molecule has 3 aromatic carbocycles. The molecule has 6 heteroatoms. The number of benzene rings is 3. The molecule has 1 saturated heterocycles. The summed E-state index contributed by atoms with van der Waals surface area (Å²) in [5.74, 6) is 0.707. The van der Waals surface area contributed by atoms with E-state index in [4.69, 9.17) is 9.47 Å². The summed E-state index contributed by atoms with van der Waals surface area (Å²) in [6.07, 6.45) is 0. The number of hydrogen-bond acceptors (Lipinski definition) is 4. The molecule has 3 aromatic rings. The van der Waals surface area contributed by atoms with E-state index in [-0.39, 0.29) is 18.4 Å². The van der Waals surface area contributed by atoms with Crippen LogP contribution in [0.15, 0.2) is 72.8 Å². The van der Waals surface area contributed by atoms with Gasteiger partial charge in [0, 0.05) is 11.8 Å². The van der Waals surface area contributed by atoms with Crippen LogP contribution < -0.4 is 19.3 Å². The number of ether oxygens (including phenoxy) is 2. The molecule has 1 aliphatic heterocycles. The first-order valence-corrected chi connectivity index (χ1v) is 10.0. The third-order valence-electron chi connectivity index (χ3n) is 5.43. The standard InChI is InChI=1S/C25H24N2O4/c1-17-9-11-19(12-10-17)27-23(28)16-26(21-14-13-20(30-2)15-22(21)31-3)25(29)24(27)18-7-5-4-6-8-18/h4-15,24H,16H2,1-3H3. The summed E-state index contributed by atoms with van der Waals surface area (Å²) < 4.78 is 10.8. The van der Waals surface area contributed by atoms with Gasteiger partial charge in [-0.2, -0.15) is 0 Å². The molecule has 0 bridgehead atoms. The molecule has 0 saturated carbocycles. The first-order valence-electron chi connectivity index (χ1n) is 10.0. The van der Waals surface area contributed by atoms with Crippen molar-refractivity contribution in [3.8, 4) is 11.5 Å². The molecule has 0 spiro atoms. The number of carbonyl (C=O) groups is 2. The van der Waals surface area contributed by atoms with E-state index in [0.717, 1.165) is 11.1 Å². The van der Waals surface area contributed by atoms with Gasteiger partial charge in [0.05, 0.1) is 19.9 Å². The molecule has 1 atom stereocenters. The summed E-state index contributed by atoms with van der Waals surface area (Å²) in [4.78, 5) is 30.2. The monoisotopic (exact) mass is 416 g/mol. The van der Waals surface area contributed by atoms with Crippen molar-refractivity contribution in [1.82, 2.24) is 0 Å². The molecule has 2 amide bonds. The highest BCUT2D eigenvalue weighted by Gasteiger charge is 2.42. The largest absolute Gasteiger partial charge is 0.497 e. The third-order valence-corrected chi connectivity index (χ3v) is 5.43. The molecular weight excluding hydrogens is 392 g/mol. The van der Waals surface area contributed by atoms with Crippen LogP contribution in [0.3, 0.4) is 0 Å². The average Bonchev–Trinajstić information content (AvgIpc) is 2.81. The molecule has 0 radical (unpaired) electrons. The van der Waals surface area contributed by atoms with Gasteiger partial charge in [-0.1, -0.05) is 48.0 Å². The predicted molar refractivity (Wildman–Crippen MR) is 120 cm³/mol. The summed E-state index contributed by atoms with van der Waals surface area (Å²) in [5, 5.41) is 0. The van der Waals surface area contributed by atoms with Crippen LogP contribution in [0.5, 0.6) is 11.5 Å². The number of amides is 2. The Labute approximate surface area is 181 Å². The van der Waals surface area contributed by atoms with Gasteiger partial charge in [-0.25, -0.2) is 0 Å². The minimum atomic E-state index is -0.781. The van der Waals surface area contributed by atoms with E-state index in [9.17, 15) is 9.59 Å². The number of piperazine rings is 1. The van der Waals surface area contributed by atoms with Crippen LogP contribution in [0.1, 0.15) is 17.2 Å². The molecule has 0 aliphatic carbocycles. The molecule has 4 rings (SSSR count). The second-order valence-corrected chi connectivity index (χ2v) is 7.37. The number of rotatable bonds is 5. The van der Waals surface area contributed by atoms with E-state index < -0.39 is 6.04 Å². The predicted octanol–water partition coefficient (Wildman–Crippen LogP) is 4.13. The van der Waals surface area contributed by atoms with Crippen LogP contribution in [0.25, 0.3) is 0 Å². The second-order valence-electron chi connectivity index (χ2n) is 7.37. The summed E-state index contributed by atoms with van der Waals surface area (Å²) in [5.41, 5.74) is 3.06. The van der Waals surface area contributed by atoms with Crippen LogP contribution in [-0.2, 0) is 9.59 Å². The van der Waals surface area contributed by atoms with Gasteiger partial charge in [0.2, 0.25) is 5.91 Å². The fraction of sp³-hybridized carbons (Fsp3) is 0.200. The number of anilines is 2. The van der Waals surface area contributed by atoms with Gasteiger partial charge in [-0.15, -0.1) is 0 Å². The van der Waals surface area contributed by atoms with E-state index in [0.29, 0.717) is 22.9 Å². The molecule has 1 heterocycles. The van der Waals surface area contributed by atoms with Crippen LogP contribution >= 0.6 is 0 Å². The Morgan fingerprint density at radius 1 is 0.871 bits per heavy atom. The molecular formula is C25H24N2O4. The zero-order valence-electron chi connectivity index (χ0n) is 17.7. The number of methoxy groups -OCH3 is 2. The Balaban J connectivity index is 1.81. The quantitative estimate of drug-likeness (QED) is 0.627. The number of aryl methyl sites for hydroxylation is 1. The van der Waals surface area contributed by atoms with E-state index in [1.165, 1.54) is 12.0 Å². The van der Waals surface area contributed by atoms with Crippen molar-refractivity contribution in [2.75, 3.05) is 30.6 Å². The molecule has 31 heavy (non-hydrogen) atoms. The topological polar surface area (TPSA) is 59.1 Å². The van der Waals surface area contributed by atoms with Crippen molar-refractivity contribution in [2.24, 2.45) is 0 Å². The molecule has 1 fully saturated rings. The average molecular weight is 416 g/mol. The highest BCUT2D eigenvalue weighted by atomic mass is 16.5. The summed E-state index contributed by atoms with van der Waals surface area (Å²) in [6, 6.07) is 21.4. The molecule has 6 nitrogen and oxygen atoms in total. The Kier molecular flexibility index (Phi) is 5.62. The zero-order chi connectivity index (χ0) is 22.0.